The van der Waals surface area contributed by atoms with Crippen LogP contribution in [0.3, 0.4) is 0 Å². The van der Waals surface area contributed by atoms with Gasteiger partial charge < -0.3 is 20.2 Å². The Balaban J connectivity index is 2.52. The third kappa shape index (κ3) is 9.23. The van der Waals surface area contributed by atoms with Crippen molar-refractivity contribution in [2.75, 3.05) is 72.0 Å². The molecule has 0 radical (unpaired) electrons. The molecule has 0 aromatic heterocycles. The third-order valence-electron chi connectivity index (χ3n) is 4.92. The second kappa shape index (κ2) is 13.1. The van der Waals surface area contributed by atoms with E-state index in [4.69, 9.17) is 5.11 Å². The molecule has 1 fully saturated rings. The second-order valence-electron chi connectivity index (χ2n) is 7.11. The highest BCUT2D eigenvalue weighted by Gasteiger charge is 2.26. The Hall–Kier alpha value is -2.20. The number of nitrogens with zero attached hydrogens (tertiary/aromatic N) is 4. The molecule has 3 amide bonds. The van der Waals surface area contributed by atoms with E-state index in [1.807, 2.05) is 25.7 Å². The van der Waals surface area contributed by atoms with Crippen LogP contribution in [0.25, 0.3) is 0 Å². The van der Waals surface area contributed by atoms with Gasteiger partial charge in [0, 0.05) is 32.7 Å². The van der Waals surface area contributed by atoms with Crippen LogP contribution in [0.5, 0.6) is 0 Å². The molecule has 0 unspecified atom stereocenters. The quantitative estimate of drug-likeness (QED) is 0.418. The van der Waals surface area contributed by atoms with Gasteiger partial charge in [-0.25, -0.2) is 0 Å². The maximum atomic E-state index is 12.5. The zero-order valence-corrected chi connectivity index (χ0v) is 17.9. The molecular formula is C19H35N5O5. The molecule has 0 spiro atoms. The predicted octanol–water partition coefficient (Wildman–Crippen LogP) is -1.09. The monoisotopic (exact) mass is 413 g/mol. The minimum atomic E-state index is -1.16. The summed E-state index contributed by atoms with van der Waals surface area (Å²) in [4.78, 5) is 54.7. The predicted molar refractivity (Wildman–Crippen MR) is 108 cm³/mol. The van der Waals surface area contributed by atoms with Crippen LogP contribution in [0.1, 0.15) is 27.2 Å². The van der Waals surface area contributed by atoms with Gasteiger partial charge >= 0.3 is 5.97 Å². The molecule has 0 aromatic carbocycles. The summed E-state index contributed by atoms with van der Waals surface area (Å²) in [7, 11) is 0. The van der Waals surface area contributed by atoms with Crippen LogP contribution in [-0.2, 0) is 19.2 Å². The Morgan fingerprint density at radius 3 is 2.07 bits per heavy atom. The van der Waals surface area contributed by atoms with E-state index >= 15 is 0 Å². The topological polar surface area (TPSA) is 113 Å². The molecule has 29 heavy (non-hydrogen) atoms. The molecule has 10 heteroatoms. The van der Waals surface area contributed by atoms with E-state index in [1.165, 1.54) is 0 Å². The van der Waals surface area contributed by atoms with Crippen molar-refractivity contribution >= 4 is 23.7 Å². The lowest BCUT2D eigenvalue weighted by atomic mass is 10.3. The van der Waals surface area contributed by atoms with E-state index in [-0.39, 0.29) is 24.9 Å². The van der Waals surface area contributed by atoms with E-state index in [0.717, 1.165) is 24.4 Å². The lowest BCUT2D eigenvalue weighted by molar-refractivity contribution is -0.147. The average Bonchev–Trinajstić information content (AvgIpc) is 2.69. The summed E-state index contributed by atoms with van der Waals surface area (Å²) in [6.07, 6.45) is 0.760. The number of rotatable bonds is 12. The van der Waals surface area contributed by atoms with Gasteiger partial charge in [-0.05, 0) is 19.5 Å². The van der Waals surface area contributed by atoms with Gasteiger partial charge in [-0.1, -0.05) is 20.8 Å². The van der Waals surface area contributed by atoms with E-state index < -0.39 is 18.4 Å². The van der Waals surface area contributed by atoms with E-state index in [2.05, 4.69) is 10.2 Å². The molecule has 1 rings (SSSR count). The molecule has 2 N–H and O–H groups in total. The number of aliphatic carboxylic acids is 1. The van der Waals surface area contributed by atoms with Crippen molar-refractivity contribution in [1.82, 2.24) is 24.9 Å². The number of carboxylic acid groups (broad SMARTS) is 1. The fraction of sp³-hybridized carbons (Fsp3) is 0.789. The lowest BCUT2D eigenvalue weighted by Gasteiger charge is -2.36. The molecule has 1 aliphatic rings. The third-order valence-corrected chi connectivity index (χ3v) is 4.92. The summed E-state index contributed by atoms with van der Waals surface area (Å²) in [5.41, 5.74) is 0. The molecule has 0 aromatic rings. The summed E-state index contributed by atoms with van der Waals surface area (Å²) in [5.74, 6) is -1.84. The number of carbonyl (C=O) groups excluding carboxylic acids is 3. The largest absolute Gasteiger partial charge is 0.480 e. The van der Waals surface area contributed by atoms with Gasteiger partial charge in [0.2, 0.25) is 17.7 Å². The Labute approximate surface area is 172 Å². The molecule has 10 nitrogen and oxygen atoms in total. The number of carboxylic acids is 1. The van der Waals surface area contributed by atoms with Crippen molar-refractivity contribution in [3.63, 3.8) is 0 Å². The van der Waals surface area contributed by atoms with Gasteiger partial charge in [0.25, 0.3) is 0 Å². The average molecular weight is 414 g/mol. The number of amides is 3. The number of nitrogens with one attached hydrogen (secondary N) is 1. The fourth-order valence-electron chi connectivity index (χ4n) is 3.07. The summed E-state index contributed by atoms with van der Waals surface area (Å²) in [5, 5.41) is 11.7. The SMILES string of the molecule is CCCNC(=O)CN(CC(=O)O)C(=O)CN1CCN(C(=O)CN(CC)CC)CC1. The van der Waals surface area contributed by atoms with Gasteiger partial charge in [-0.15, -0.1) is 0 Å². The first-order valence-electron chi connectivity index (χ1n) is 10.3. The first-order chi connectivity index (χ1) is 13.8. The van der Waals surface area contributed by atoms with Crippen molar-refractivity contribution in [1.29, 1.82) is 0 Å². The first kappa shape index (κ1) is 24.8. The lowest BCUT2D eigenvalue weighted by Crippen LogP contribution is -2.54. The first-order valence-corrected chi connectivity index (χ1v) is 10.3. The zero-order chi connectivity index (χ0) is 21.8. The minimum Gasteiger partial charge on any atom is -0.480 e. The van der Waals surface area contributed by atoms with Crippen molar-refractivity contribution in [2.45, 2.75) is 27.2 Å². The van der Waals surface area contributed by atoms with Gasteiger partial charge in [0.05, 0.1) is 13.1 Å². The summed E-state index contributed by atoms with van der Waals surface area (Å²) in [6.45, 7) is 9.86. The van der Waals surface area contributed by atoms with Crippen LogP contribution in [0, 0.1) is 0 Å². The highest BCUT2D eigenvalue weighted by atomic mass is 16.4. The van der Waals surface area contributed by atoms with Crippen molar-refractivity contribution in [3.05, 3.63) is 0 Å². The van der Waals surface area contributed by atoms with E-state index in [9.17, 15) is 19.2 Å². The van der Waals surface area contributed by atoms with Gasteiger partial charge in [-0.3, -0.25) is 29.0 Å². The van der Waals surface area contributed by atoms with Crippen molar-refractivity contribution in [2.24, 2.45) is 0 Å². The smallest absolute Gasteiger partial charge is 0.323 e. The summed E-state index contributed by atoms with van der Waals surface area (Å²) >= 11 is 0. The van der Waals surface area contributed by atoms with Gasteiger partial charge in [-0.2, -0.15) is 0 Å². The minimum absolute atomic E-state index is 0.0341. The van der Waals surface area contributed by atoms with Crippen LogP contribution in [0.15, 0.2) is 0 Å². The number of carbonyl (C=O) groups is 4. The molecular weight excluding hydrogens is 378 g/mol. The normalized spacial score (nSPS) is 14.7. The Kier molecular flexibility index (Phi) is 11.2. The molecule has 0 aliphatic carbocycles. The Morgan fingerprint density at radius 1 is 0.931 bits per heavy atom. The fourth-order valence-corrected chi connectivity index (χ4v) is 3.07. The standard InChI is InChI=1S/C19H35N5O5/c1-4-7-20-16(25)12-24(15-19(28)29)18(27)14-22-8-10-23(11-9-22)17(26)13-21(5-2)6-3/h4-15H2,1-3H3,(H,20,25)(H,28,29). The van der Waals surface area contributed by atoms with Crippen LogP contribution in [0.2, 0.25) is 0 Å². The van der Waals surface area contributed by atoms with Gasteiger partial charge in [0.15, 0.2) is 0 Å². The second-order valence-corrected chi connectivity index (χ2v) is 7.11. The van der Waals surface area contributed by atoms with Crippen molar-refractivity contribution < 1.29 is 24.3 Å². The molecule has 1 saturated heterocycles. The highest BCUT2D eigenvalue weighted by Crippen LogP contribution is 2.05. The zero-order valence-electron chi connectivity index (χ0n) is 17.9. The molecule has 1 aliphatic heterocycles. The maximum absolute atomic E-state index is 12.5. The van der Waals surface area contributed by atoms with E-state index in [1.54, 1.807) is 4.90 Å². The number of piperazine rings is 1. The van der Waals surface area contributed by atoms with Crippen LogP contribution >= 0.6 is 0 Å². The van der Waals surface area contributed by atoms with Crippen LogP contribution in [-0.4, -0.2) is 120 Å². The molecule has 1 heterocycles. The summed E-state index contributed by atoms with van der Waals surface area (Å²) < 4.78 is 0. The summed E-state index contributed by atoms with van der Waals surface area (Å²) in [6, 6.07) is 0. The Morgan fingerprint density at radius 2 is 1.55 bits per heavy atom. The molecule has 0 saturated carbocycles. The number of hydrogen-bond donors (Lipinski definition) is 2. The van der Waals surface area contributed by atoms with Gasteiger partial charge in [0.1, 0.15) is 13.1 Å². The molecule has 0 atom stereocenters. The molecule has 0 bridgehead atoms. The molecule has 166 valence electrons. The van der Waals surface area contributed by atoms with Crippen LogP contribution in [0.4, 0.5) is 0 Å². The van der Waals surface area contributed by atoms with Crippen LogP contribution < -0.4 is 5.32 Å². The Bertz CT molecular complexity index is 559. The number of likely N-dealkylation sites (N-methyl/N-ethyl adjacent to an activating group) is 1. The van der Waals surface area contributed by atoms with Crippen molar-refractivity contribution in [3.8, 4) is 0 Å². The van der Waals surface area contributed by atoms with E-state index in [0.29, 0.717) is 39.3 Å². The highest BCUT2D eigenvalue weighted by molar-refractivity contribution is 5.88. The maximum Gasteiger partial charge on any atom is 0.323 e. The number of hydrogen-bond acceptors (Lipinski definition) is 6.